The highest BCUT2D eigenvalue weighted by molar-refractivity contribution is 5.89. The molecule has 0 aliphatic carbocycles. The molecule has 0 aromatic heterocycles. The summed E-state index contributed by atoms with van der Waals surface area (Å²) in [5.41, 5.74) is 3.00. The van der Waals surface area contributed by atoms with Gasteiger partial charge in [0.05, 0.1) is 5.69 Å². The first kappa shape index (κ1) is 11.5. The fourth-order valence-electron chi connectivity index (χ4n) is 1.90. The van der Waals surface area contributed by atoms with Gasteiger partial charge in [-0.05, 0) is 31.0 Å². The van der Waals surface area contributed by atoms with Crippen LogP contribution in [0.3, 0.4) is 0 Å². The summed E-state index contributed by atoms with van der Waals surface area (Å²) in [4.78, 5) is 13.4. The van der Waals surface area contributed by atoms with Crippen LogP contribution in [0.5, 0.6) is 0 Å². The topological polar surface area (TPSA) is 53.3 Å². The normalized spacial score (nSPS) is 19.7. The molecule has 1 heterocycles. The maximum absolute atomic E-state index is 11.8. The van der Waals surface area contributed by atoms with Crippen LogP contribution < -0.4 is 4.90 Å². The molecule has 1 saturated heterocycles. The molecule has 1 atom stereocenters. The van der Waals surface area contributed by atoms with Gasteiger partial charge in [-0.1, -0.05) is 12.1 Å². The van der Waals surface area contributed by atoms with E-state index in [4.69, 9.17) is 10.00 Å². The summed E-state index contributed by atoms with van der Waals surface area (Å²) in [5.74, 6) is 0. The summed E-state index contributed by atoms with van der Waals surface area (Å²) in [5, 5.41) is 8.72. The van der Waals surface area contributed by atoms with Crippen LogP contribution in [-0.2, 0) is 4.74 Å². The Morgan fingerprint density at radius 1 is 1.47 bits per heavy atom. The van der Waals surface area contributed by atoms with E-state index >= 15 is 0 Å². The predicted octanol–water partition coefficient (Wildman–Crippen LogP) is 2.54. The van der Waals surface area contributed by atoms with Crippen molar-refractivity contribution in [3.63, 3.8) is 0 Å². The molecular weight excluding hydrogens is 216 g/mol. The van der Waals surface area contributed by atoms with Gasteiger partial charge in [-0.3, -0.25) is 4.90 Å². The lowest BCUT2D eigenvalue weighted by molar-refractivity contribution is 0.111. The summed E-state index contributed by atoms with van der Waals surface area (Å²) >= 11 is 0. The zero-order valence-electron chi connectivity index (χ0n) is 9.93. The summed E-state index contributed by atoms with van der Waals surface area (Å²) in [7, 11) is 0. The van der Waals surface area contributed by atoms with Gasteiger partial charge < -0.3 is 4.74 Å². The number of hydrogen-bond acceptors (Lipinski definition) is 3. The molecule has 4 heteroatoms. The third-order valence-electron chi connectivity index (χ3n) is 2.88. The van der Waals surface area contributed by atoms with E-state index in [1.165, 1.54) is 0 Å². The lowest BCUT2D eigenvalue weighted by Gasteiger charge is -2.30. The number of hydrogen-bond donors (Lipinski definition) is 0. The molecule has 17 heavy (non-hydrogen) atoms. The lowest BCUT2D eigenvalue weighted by Crippen LogP contribution is -2.42. The van der Waals surface area contributed by atoms with Gasteiger partial charge in [-0.15, -0.1) is 0 Å². The number of ether oxygens (including phenoxy) is 1. The Hall–Kier alpha value is -2.02. The zero-order valence-corrected chi connectivity index (χ0v) is 9.93. The summed E-state index contributed by atoms with van der Waals surface area (Å²) in [6.45, 7) is 4.47. The zero-order chi connectivity index (χ0) is 12.4. The number of amides is 1. The lowest BCUT2D eigenvalue weighted by atomic mass is 10.1. The first-order chi connectivity index (χ1) is 8.11. The van der Waals surface area contributed by atoms with Crippen molar-refractivity contribution in [3.8, 4) is 6.07 Å². The molecule has 0 bridgehead atoms. The Morgan fingerprint density at radius 2 is 2.24 bits per heavy atom. The van der Waals surface area contributed by atoms with Crippen molar-refractivity contribution in [3.05, 3.63) is 29.3 Å². The van der Waals surface area contributed by atoms with Crippen molar-refractivity contribution >= 4 is 11.8 Å². The average molecular weight is 230 g/mol. The molecule has 0 N–H and O–H groups in total. The van der Waals surface area contributed by atoms with Gasteiger partial charge in [-0.2, -0.15) is 5.26 Å². The third kappa shape index (κ3) is 2.23. The Labute approximate surface area is 100 Å². The number of aryl methyl sites for hydroxylation is 2. The smallest absolute Gasteiger partial charge is 0.415 e. The molecule has 0 spiro atoms. The first-order valence-corrected chi connectivity index (χ1v) is 5.57. The van der Waals surface area contributed by atoms with Crippen molar-refractivity contribution in [2.45, 2.75) is 26.4 Å². The van der Waals surface area contributed by atoms with Gasteiger partial charge in [0, 0.05) is 13.0 Å². The van der Waals surface area contributed by atoms with Crippen LogP contribution >= 0.6 is 0 Å². The molecule has 1 aromatic carbocycles. The van der Waals surface area contributed by atoms with E-state index in [0.717, 1.165) is 16.8 Å². The van der Waals surface area contributed by atoms with Crippen LogP contribution in [0.4, 0.5) is 10.5 Å². The largest absolute Gasteiger partial charge is 0.430 e. The fraction of sp³-hybridized carbons (Fsp3) is 0.385. The van der Waals surface area contributed by atoms with Crippen LogP contribution in [0, 0.1) is 25.2 Å². The van der Waals surface area contributed by atoms with Gasteiger partial charge in [-0.25, -0.2) is 4.79 Å². The van der Waals surface area contributed by atoms with Crippen molar-refractivity contribution in [2.75, 3.05) is 11.4 Å². The number of carbonyl (C=O) groups excluding carboxylic acids is 1. The second-order valence-corrected chi connectivity index (χ2v) is 4.23. The minimum absolute atomic E-state index is 0.434. The predicted molar refractivity (Wildman–Crippen MR) is 63.8 cm³/mol. The van der Waals surface area contributed by atoms with Crippen molar-refractivity contribution in [2.24, 2.45) is 0 Å². The van der Waals surface area contributed by atoms with Crippen molar-refractivity contribution in [1.29, 1.82) is 5.26 Å². The third-order valence-corrected chi connectivity index (χ3v) is 2.88. The molecule has 88 valence electrons. The quantitative estimate of drug-likeness (QED) is 0.745. The molecule has 1 amide bonds. The number of nitriles is 1. The molecule has 1 unspecified atom stereocenters. The number of cyclic esters (lactones) is 1. The number of benzene rings is 1. The molecule has 0 saturated carbocycles. The molecule has 1 aliphatic heterocycles. The van der Waals surface area contributed by atoms with Crippen LogP contribution in [0.1, 0.15) is 17.5 Å². The number of rotatable bonds is 1. The number of nitrogens with zero attached hydrogens (tertiary/aromatic N) is 2. The minimum atomic E-state index is -0.608. The number of anilines is 1. The maximum atomic E-state index is 11.8. The molecular formula is C13H14N2O2. The van der Waals surface area contributed by atoms with Crippen LogP contribution in [0.15, 0.2) is 18.2 Å². The van der Waals surface area contributed by atoms with Crippen molar-refractivity contribution in [1.82, 2.24) is 0 Å². The Morgan fingerprint density at radius 3 is 2.88 bits per heavy atom. The number of carbonyl (C=O) groups is 1. The Balaban J connectivity index is 2.27. The second-order valence-electron chi connectivity index (χ2n) is 4.23. The standard InChI is InChI=1S/C13H14N2O2/c1-9-3-4-10(2)12(7-9)15-6-5-11(8-14)17-13(15)16/h3-4,7,11H,5-6H2,1-2H3. The molecule has 4 nitrogen and oxygen atoms in total. The molecule has 2 rings (SSSR count). The van der Waals surface area contributed by atoms with Gasteiger partial charge in [0.1, 0.15) is 6.07 Å². The SMILES string of the molecule is Cc1ccc(C)c(N2CCC(C#N)OC2=O)c1. The van der Waals surface area contributed by atoms with E-state index in [-0.39, 0.29) is 0 Å². The summed E-state index contributed by atoms with van der Waals surface area (Å²) in [6.07, 6.45) is -0.490. The molecule has 1 aliphatic rings. The Kier molecular flexibility index (Phi) is 3.01. The summed E-state index contributed by atoms with van der Waals surface area (Å²) in [6, 6.07) is 7.91. The van der Waals surface area contributed by atoms with E-state index in [0.29, 0.717) is 13.0 Å². The van der Waals surface area contributed by atoms with E-state index in [2.05, 4.69) is 0 Å². The second kappa shape index (κ2) is 4.46. The van der Waals surface area contributed by atoms with E-state index in [1.807, 2.05) is 38.1 Å². The monoisotopic (exact) mass is 230 g/mol. The van der Waals surface area contributed by atoms with Gasteiger partial charge in [0.15, 0.2) is 6.10 Å². The Bertz CT molecular complexity index is 491. The van der Waals surface area contributed by atoms with Crippen LogP contribution in [0.25, 0.3) is 0 Å². The van der Waals surface area contributed by atoms with E-state index in [9.17, 15) is 4.79 Å². The highest BCUT2D eigenvalue weighted by atomic mass is 16.6. The fourth-order valence-corrected chi connectivity index (χ4v) is 1.90. The van der Waals surface area contributed by atoms with Gasteiger partial charge >= 0.3 is 6.09 Å². The molecule has 0 radical (unpaired) electrons. The highest BCUT2D eigenvalue weighted by Gasteiger charge is 2.28. The minimum Gasteiger partial charge on any atom is -0.430 e. The van der Waals surface area contributed by atoms with E-state index in [1.54, 1.807) is 4.90 Å². The van der Waals surface area contributed by atoms with Gasteiger partial charge in [0.2, 0.25) is 0 Å². The van der Waals surface area contributed by atoms with Crippen LogP contribution in [0.2, 0.25) is 0 Å². The highest BCUT2D eigenvalue weighted by Crippen LogP contribution is 2.25. The maximum Gasteiger partial charge on any atom is 0.415 e. The van der Waals surface area contributed by atoms with E-state index < -0.39 is 12.2 Å². The average Bonchev–Trinajstić information content (AvgIpc) is 2.32. The van der Waals surface area contributed by atoms with Gasteiger partial charge in [0.25, 0.3) is 0 Å². The molecule has 1 aromatic rings. The summed E-state index contributed by atoms with van der Waals surface area (Å²) < 4.78 is 5.02. The van der Waals surface area contributed by atoms with Crippen molar-refractivity contribution < 1.29 is 9.53 Å². The van der Waals surface area contributed by atoms with Crippen LogP contribution in [-0.4, -0.2) is 18.7 Å². The molecule has 1 fully saturated rings. The first-order valence-electron chi connectivity index (χ1n) is 5.57.